The maximum absolute atomic E-state index is 10.3. The van der Waals surface area contributed by atoms with Crippen LogP contribution in [-0.4, -0.2) is 40.6 Å². The second kappa shape index (κ2) is 5.84. The number of hydrogen-bond donors (Lipinski definition) is 3. The molecule has 0 radical (unpaired) electrons. The van der Waals surface area contributed by atoms with E-state index in [1.807, 2.05) is 0 Å². The highest BCUT2D eigenvalue weighted by molar-refractivity contribution is 6.30. The van der Waals surface area contributed by atoms with E-state index in [4.69, 9.17) is 28.9 Å². The Morgan fingerprint density at radius 3 is 2.33 bits per heavy atom. The summed E-state index contributed by atoms with van der Waals surface area (Å²) >= 11 is 12.4. The molecule has 0 aromatic heterocycles. The van der Waals surface area contributed by atoms with Gasteiger partial charge < -0.3 is 16.2 Å². The molecule has 5 unspecified atom stereocenters. The monoisotopic (exact) mass is 294 g/mol. The fourth-order valence-electron chi connectivity index (χ4n) is 3.51. The van der Waals surface area contributed by atoms with Crippen LogP contribution in [0.1, 0.15) is 32.6 Å². The normalized spacial score (nSPS) is 42.5. The van der Waals surface area contributed by atoms with Gasteiger partial charge in [-0.15, -0.1) is 23.2 Å². The van der Waals surface area contributed by atoms with Crippen LogP contribution in [0.15, 0.2) is 0 Å². The summed E-state index contributed by atoms with van der Waals surface area (Å²) in [5.74, 6) is 0.507. The molecule has 2 fully saturated rings. The minimum absolute atomic E-state index is 0.0538. The van der Waals surface area contributed by atoms with Crippen molar-refractivity contribution in [3.05, 3.63) is 0 Å². The molecule has 1 aliphatic carbocycles. The molecule has 0 amide bonds. The highest BCUT2D eigenvalue weighted by Crippen LogP contribution is 2.41. The fourth-order valence-corrected chi connectivity index (χ4v) is 4.09. The average Bonchev–Trinajstić information content (AvgIpc) is 2.34. The molecular formula is C13H24Cl2N2O. The van der Waals surface area contributed by atoms with E-state index < -0.39 is 6.10 Å². The Morgan fingerprint density at radius 1 is 1.17 bits per heavy atom. The molecular weight excluding hydrogens is 271 g/mol. The third kappa shape index (κ3) is 2.96. The van der Waals surface area contributed by atoms with Crippen molar-refractivity contribution in [3.63, 3.8) is 0 Å². The lowest BCUT2D eigenvalue weighted by atomic mass is 9.66. The minimum Gasteiger partial charge on any atom is -0.393 e. The standard InChI is InChI=1S/C13H24Cl2N2O/c1-13(16,8-2-4-17-5-3-8)9-6-10(14)11(15)7-12(9)18/h8-12,17-18H,2-7,16H2,1H3. The lowest BCUT2D eigenvalue weighted by Crippen LogP contribution is -2.59. The molecule has 0 aromatic carbocycles. The molecule has 5 heteroatoms. The SMILES string of the molecule is CC(N)(C1CCNCC1)C1CC(Cl)C(Cl)CC1O. The Labute approximate surface area is 119 Å². The van der Waals surface area contributed by atoms with Crippen LogP contribution in [-0.2, 0) is 0 Å². The summed E-state index contributed by atoms with van der Waals surface area (Å²) in [4.78, 5) is 0. The van der Waals surface area contributed by atoms with Crippen molar-refractivity contribution in [2.75, 3.05) is 13.1 Å². The van der Waals surface area contributed by atoms with E-state index in [0.29, 0.717) is 18.8 Å². The Hall–Kier alpha value is 0.460. The van der Waals surface area contributed by atoms with Gasteiger partial charge in [-0.25, -0.2) is 0 Å². The summed E-state index contributed by atoms with van der Waals surface area (Å²) in [7, 11) is 0. The van der Waals surface area contributed by atoms with Crippen molar-refractivity contribution in [3.8, 4) is 0 Å². The molecule has 18 heavy (non-hydrogen) atoms. The van der Waals surface area contributed by atoms with Crippen molar-refractivity contribution in [1.82, 2.24) is 5.32 Å². The van der Waals surface area contributed by atoms with E-state index in [9.17, 15) is 5.11 Å². The van der Waals surface area contributed by atoms with E-state index in [-0.39, 0.29) is 22.2 Å². The Morgan fingerprint density at radius 2 is 1.72 bits per heavy atom. The lowest BCUT2D eigenvalue weighted by molar-refractivity contribution is 0.00611. The molecule has 0 bridgehead atoms. The van der Waals surface area contributed by atoms with Crippen LogP contribution in [0, 0.1) is 11.8 Å². The predicted molar refractivity (Wildman–Crippen MR) is 76.2 cm³/mol. The van der Waals surface area contributed by atoms with Crippen LogP contribution in [0.2, 0.25) is 0 Å². The van der Waals surface area contributed by atoms with Gasteiger partial charge in [-0.3, -0.25) is 0 Å². The first-order chi connectivity index (χ1) is 8.43. The number of halogens is 2. The minimum atomic E-state index is -0.424. The molecule has 4 N–H and O–H groups in total. The van der Waals surface area contributed by atoms with Gasteiger partial charge in [0, 0.05) is 11.5 Å². The molecule has 3 nitrogen and oxygen atoms in total. The molecule has 1 aliphatic heterocycles. The van der Waals surface area contributed by atoms with Crippen LogP contribution in [0.4, 0.5) is 0 Å². The summed E-state index contributed by atoms with van der Waals surface area (Å²) in [5, 5.41) is 13.4. The molecule has 1 heterocycles. The van der Waals surface area contributed by atoms with Gasteiger partial charge in [0.25, 0.3) is 0 Å². The van der Waals surface area contributed by atoms with Crippen LogP contribution in [0.3, 0.4) is 0 Å². The van der Waals surface area contributed by atoms with Crippen molar-refractivity contribution in [1.29, 1.82) is 0 Å². The number of piperidine rings is 1. The summed E-state index contributed by atoms with van der Waals surface area (Å²) in [6, 6.07) is 0. The third-order valence-electron chi connectivity index (χ3n) is 4.82. The van der Waals surface area contributed by atoms with E-state index in [1.165, 1.54) is 0 Å². The zero-order chi connectivity index (χ0) is 13.3. The Balaban J connectivity index is 2.07. The van der Waals surface area contributed by atoms with Crippen molar-refractivity contribution in [2.45, 2.75) is 55.0 Å². The topological polar surface area (TPSA) is 58.3 Å². The van der Waals surface area contributed by atoms with Crippen molar-refractivity contribution >= 4 is 23.2 Å². The van der Waals surface area contributed by atoms with Gasteiger partial charge in [0.05, 0.1) is 16.9 Å². The molecule has 0 spiro atoms. The first-order valence-electron chi connectivity index (χ1n) is 6.88. The van der Waals surface area contributed by atoms with Gasteiger partial charge >= 0.3 is 0 Å². The van der Waals surface area contributed by atoms with Gasteiger partial charge in [-0.05, 0) is 51.6 Å². The highest BCUT2D eigenvalue weighted by Gasteiger charge is 2.46. The van der Waals surface area contributed by atoms with Crippen molar-refractivity contribution in [2.24, 2.45) is 17.6 Å². The Kier molecular flexibility index (Phi) is 4.82. The number of hydrogen-bond acceptors (Lipinski definition) is 3. The van der Waals surface area contributed by atoms with Crippen molar-refractivity contribution < 1.29 is 5.11 Å². The zero-order valence-electron chi connectivity index (χ0n) is 10.9. The van der Waals surface area contributed by atoms with Gasteiger partial charge in [0.2, 0.25) is 0 Å². The highest BCUT2D eigenvalue weighted by atomic mass is 35.5. The number of nitrogens with two attached hydrogens (primary N) is 1. The number of alkyl halides is 2. The van der Waals surface area contributed by atoms with Crippen LogP contribution in [0.5, 0.6) is 0 Å². The first-order valence-corrected chi connectivity index (χ1v) is 7.76. The number of nitrogens with one attached hydrogen (secondary N) is 1. The third-order valence-corrected chi connectivity index (χ3v) is 5.91. The van der Waals surface area contributed by atoms with Crippen LogP contribution in [0.25, 0.3) is 0 Å². The van der Waals surface area contributed by atoms with Crippen LogP contribution >= 0.6 is 23.2 Å². The zero-order valence-corrected chi connectivity index (χ0v) is 12.4. The average molecular weight is 295 g/mol. The Bertz CT molecular complexity index is 282. The van der Waals surface area contributed by atoms with E-state index in [2.05, 4.69) is 12.2 Å². The molecule has 2 rings (SSSR count). The number of aliphatic hydroxyl groups excluding tert-OH is 1. The van der Waals surface area contributed by atoms with Gasteiger partial charge in [-0.1, -0.05) is 0 Å². The van der Waals surface area contributed by atoms with Gasteiger partial charge in [-0.2, -0.15) is 0 Å². The summed E-state index contributed by atoms with van der Waals surface area (Å²) in [6.45, 7) is 4.11. The number of rotatable bonds is 2. The predicted octanol–water partition coefficient (Wildman–Crippen LogP) is 1.69. The number of aliphatic hydroxyl groups is 1. The van der Waals surface area contributed by atoms with E-state index >= 15 is 0 Å². The maximum atomic E-state index is 10.3. The molecule has 1 saturated carbocycles. The second-order valence-electron chi connectivity index (χ2n) is 6.07. The van der Waals surface area contributed by atoms with E-state index in [1.54, 1.807) is 0 Å². The van der Waals surface area contributed by atoms with Gasteiger partial charge in [0.1, 0.15) is 0 Å². The molecule has 5 atom stereocenters. The van der Waals surface area contributed by atoms with Gasteiger partial charge in [0.15, 0.2) is 0 Å². The fraction of sp³-hybridized carbons (Fsp3) is 1.00. The molecule has 2 aliphatic rings. The molecule has 1 saturated heterocycles. The summed E-state index contributed by atoms with van der Waals surface area (Å²) in [5.41, 5.74) is 6.22. The second-order valence-corrected chi connectivity index (χ2v) is 7.19. The molecule has 0 aromatic rings. The largest absolute Gasteiger partial charge is 0.393 e. The van der Waals surface area contributed by atoms with E-state index in [0.717, 1.165) is 25.9 Å². The lowest BCUT2D eigenvalue weighted by Gasteiger charge is -2.48. The summed E-state index contributed by atoms with van der Waals surface area (Å²) < 4.78 is 0. The molecule has 106 valence electrons. The van der Waals surface area contributed by atoms with Crippen LogP contribution < -0.4 is 11.1 Å². The summed E-state index contributed by atoms with van der Waals surface area (Å²) in [6.07, 6.45) is 3.00. The maximum Gasteiger partial charge on any atom is 0.0601 e. The quantitative estimate of drug-likeness (QED) is 0.680. The smallest absolute Gasteiger partial charge is 0.0601 e. The first kappa shape index (κ1) is 14.9.